The van der Waals surface area contributed by atoms with Crippen LogP contribution in [0.15, 0.2) is 4.99 Å². The first-order valence-corrected chi connectivity index (χ1v) is 7.99. The van der Waals surface area contributed by atoms with Gasteiger partial charge in [0.1, 0.15) is 0 Å². The van der Waals surface area contributed by atoms with Crippen molar-refractivity contribution in [2.24, 2.45) is 4.99 Å². The Labute approximate surface area is 153 Å². The average molecular weight is 427 g/mol. The molecular formula is C15H34IN5O. The zero-order valence-electron chi connectivity index (χ0n) is 14.8. The molecule has 0 aromatic carbocycles. The normalized spacial score (nSPS) is 11.1. The fourth-order valence-electron chi connectivity index (χ4n) is 1.94. The summed E-state index contributed by atoms with van der Waals surface area (Å²) in [6.45, 7) is 10.9. The van der Waals surface area contributed by atoms with E-state index in [4.69, 9.17) is 0 Å². The van der Waals surface area contributed by atoms with Gasteiger partial charge in [0, 0.05) is 39.1 Å². The number of rotatable bonds is 10. The smallest absolute Gasteiger partial charge is 0.224 e. The van der Waals surface area contributed by atoms with Crippen molar-refractivity contribution in [3.05, 3.63) is 0 Å². The van der Waals surface area contributed by atoms with Crippen LogP contribution in [0.5, 0.6) is 0 Å². The number of aliphatic imine (C=N–C) groups is 1. The first-order valence-electron chi connectivity index (χ1n) is 7.99. The third-order valence-corrected chi connectivity index (χ3v) is 3.13. The SMILES string of the molecule is CCNC(=NCCCN(C)C)NCCC(=O)N(CC)CC.I. The van der Waals surface area contributed by atoms with E-state index in [-0.39, 0.29) is 29.9 Å². The van der Waals surface area contributed by atoms with Crippen LogP contribution in [0.4, 0.5) is 0 Å². The molecule has 0 atom stereocenters. The van der Waals surface area contributed by atoms with Crippen molar-refractivity contribution in [3.8, 4) is 0 Å². The van der Waals surface area contributed by atoms with Gasteiger partial charge in [0.25, 0.3) is 0 Å². The minimum absolute atomic E-state index is 0. The number of nitrogens with zero attached hydrogens (tertiary/aromatic N) is 3. The lowest BCUT2D eigenvalue weighted by Gasteiger charge is -2.19. The number of hydrogen-bond donors (Lipinski definition) is 2. The van der Waals surface area contributed by atoms with Crippen LogP contribution in [0.3, 0.4) is 0 Å². The van der Waals surface area contributed by atoms with Crippen LogP contribution in [0.1, 0.15) is 33.6 Å². The van der Waals surface area contributed by atoms with Crippen molar-refractivity contribution in [2.75, 3.05) is 53.4 Å². The number of halogens is 1. The highest BCUT2D eigenvalue weighted by atomic mass is 127. The van der Waals surface area contributed by atoms with Crippen LogP contribution in [0, 0.1) is 0 Å². The molecule has 0 unspecified atom stereocenters. The van der Waals surface area contributed by atoms with Crippen molar-refractivity contribution >= 4 is 35.8 Å². The standard InChI is InChI=1S/C15H33N5O.HI/c1-6-16-15(17-11-9-13-19(4)5)18-12-10-14(21)20(7-2)8-3;/h6-13H2,1-5H3,(H2,16,17,18);1H. The molecule has 7 heteroatoms. The molecule has 22 heavy (non-hydrogen) atoms. The van der Waals surface area contributed by atoms with E-state index in [1.807, 2.05) is 25.7 Å². The number of hydrogen-bond acceptors (Lipinski definition) is 3. The summed E-state index contributed by atoms with van der Waals surface area (Å²) in [5, 5.41) is 6.42. The summed E-state index contributed by atoms with van der Waals surface area (Å²) in [6, 6.07) is 0. The molecule has 0 saturated carbocycles. The van der Waals surface area contributed by atoms with E-state index in [1.165, 1.54) is 0 Å². The second kappa shape index (κ2) is 15.3. The summed E-state index contributed by atoms with van der Waals surface area (Å²) in [5.41, 5.74) is 0. The Kier molecular flexibility index (Phi) is 16.5. The zero-order valence-corrected chi connectivity index (χ0v) is 17.1. The van der Waals surface area contributed by atoms with E-state index >= 15 is 0 Å². The van der Waals surface area contributed by atoms with E-state index in [0.29, 0.717) is 13.0 Å². The van der Waals surface area contributed by atoms with Gasteiger partial charge in [-0.1, -0.05) is 0 Å². The second-order valence-electron chi connectivity index (χ2n) is 5.16. The molecule has 0 heterocycles. The highest BCUT2D eigenvalue weighted by molar-refractivity contribution is 14.0. The molecular weight excluding hydrogens is 393 g/mol. The summed E-state index contributed by atoms with van der Waals surface area (Å²) >= 11 is 0. The number of guanidine groups is 1. The molecule has 0 fully saturated rings. The average Bonchev–Trinajstić information content (AvgIpc) is 2.44. The number of carbonyl (C=O) groups is 1. The van der Waals surface area contributed by atoms with E-state index in [0.717, 1.165) is 45.1 Å². The number of amides is 1. The predicted molar refractivity (Wildman–Crippen MR) is 105 cm³/mol. The molecule has 0 aliphatic carbocycles. The predicted octanol–water partition coefficient (Wildman–Crippen LogP) is 1.37. The first-order chi connectivity index (χ1) is 10.0. The lowest BCUT2D eigenvalue weighted by Crippen LogP contribution is -2.40. The Hall–Kier alpha value is -0.570. The van der Waals surface area contributed by atoms with Gasteiger partial charge in [-0.25, -0.2) is 0 Å². The molecule has 132 valence electrons. The maximum Gasteiger partial charge on any atom is 0.224 e. The third kappa shape index (κ3) is 12.0. The van der Waals surface area contributed by atoms with Crippen LogP contribution in [-0.4, -0.2) is 75.0 Å². The second-order valence-corrected chi connectivity index (χ2v) is 5.16. The zero-order chi connectivity index (χ0) is 16.1. The maximum atomic E-state index is 11.9. The van der Waals surface area contributed by atoms with E-state index in [9.17, 15) is 4.79 Å². The number of nitrogens with one attached hydrogen (secondary N) is 2. The Morgan fingerprint density at radius 1 is 1.09 bits per heavy atom. The molecule has 2 N–H and O–H groups in total. The van der Waals surface area contributed by atoms with Crippen molar-refractivity contribution < 1.29 is 4.79 Å². The van der Waals surface area contributed by atoms with Crippen LogP contribution in [0.25, 0.3) is 0 Å². The minimum Gasteiger partial charge on any atom is -0.357 e. The van der Waals surface area contributed by atoms with Gasteiger partial charge in [0.15, 0.2) is 5.96 Å². The number of carbonyl (C=O) groups excluding carboxylic acids is 1. The Bertz CT molecular complexity index is 306. The molecule has 0 spiro atoms. The van der Waals surface area contributed by atoms with Crippen LogP contribution in [-0.2, 0) is 4.79 Å². The third-order valence-electron chi connectivity index (χ3n) is 3.13. The van der Waals surface area contributed by atoms with Gasteiger partial charge in [-0.2, -0.15) is 0 Å². The molecule has 0 aromatic rings. The highest BCUT2D eigenvalue weighted by Crippen LogP contribution is 1.92. The Morgan fingerprint density at radius 3 is 2.23 bits per heavy atom. The Balaban J connectivity index is 0. The van der Waals surface area contributed by atoms with Gasteiger partial charge in [-0.15, -0.1) is 24.0 Å². The van der Waals surface area contributed by atoms with E-state index < -0.39 is 0 Å². The molecule has 0 radical (unpaired) electrons. The van der Waals surface area contributed by atoms with Crippen molar-refractivity contribution in [3.63, 3.8) is 0 Å². The topological polar surface area (TPSA) is 60.0 Å². The van der Waals surface area contributed by atoms with Crippen molar-refractivity contribution in [1.82, 2.24) is 20.4 Å². The minimum atomic E-state index is 0. The quantitative estimate of drug-likeness (QED) is 0.239. The van der Waals surface area contributed by atoms with E-state index in [1.54, 1.807) is 0 Å². The first kappa shape index (κ1) is 23.7. The summed E-state index contributed by atoms with van der Waals surface area (Å²) in [7, 11) is 4.12. The van der Waals surface area contributed by atoms with Gasteiger partial charge in [-0.05, 0) is 47.8 Å². The summed E-state index contributed by atoms with van der Waals surface area (Å²) in [6.07, 6.45) is 1.53. The van der Waals surface area contributed by atoms with Crippen molar-refractivity contribution in [1.29, 1.82) is 0 Å². The molecule has 0 bridgehead atoms. The van der Waals surface area contributed by atoms with Gasteiger partial charge in [-0.3, -0.25) is 9.79 Å². The van der Waals surface area contributed by atoms with Crippen molar-refractivity contribution in [2.45, 2.75) is 33.6 Å². The van der Waals surface area contributed by atoms with Gasteiger partial charge < -0.3 is 20.4 Å². The summed E-state index contributed by atoms with van der Waals surface area (Å²) < 4.78 is 0. The highest BCUT2D eigenvalue weighted by Gasteiger charge is 2.08. The molecule has 0 aliphatic rings. The van der Waals surface area contributed by atoms with Gasteiger partial charge in [0.2, 0.25) is 5.91 Å². The largest absolute Gasteiger partial charge is 0.357 e. The van der Waals surface area contributed by atoms with Crippen LogP contribution in [0.2, 0.25) is 0 Å². The van der Waals surface area contributed by atoms with Gasteiger partial charge >= 0.3 is 0 Å². The van der Waals surface area contributed by atoms with Gasteiger partial charge in [0.05, 0.1) is 0 Å². The molecule has 1 amide bonds. The molecule has 0 rings (SSSR count). The molecule has 6 nitrogen and oxygen atoms in total. The fraction of sp³-hybridized carbons (Fsp3) is 0.867. The lowest BCUT2D eigenvalue weighted by molar-refractivity contribution is -0.130. The summed E-state index contributed by atoms with van der Waals surface area (Å²) in [4.78, 5) is 20.4. The fourth-order valence-corrected chi connectivity index (χ4v) is 1.94. The molecule has 0 saturated heterocycles. The Morgan fingerprint density at radius 2 is 1.73 bits per heavy atom. The lowest BCUT2D eigenvalue weighted by atomic mass is 10.3. The van der Waals surface area contributed by atoms with E-state index in [2.05, 4.69) is 34.6 Å². The van der Waals surface area contributed by atoms with Crippen LogP contribution >= 0.6 is 24.0 Å². The molecule has 0 aliphatic heterocycles. The maximum absolute atomic E-state index is 11.9. The summed E-state index contributed by atoms with van der Waals surface area (Å²) in [5.74, 6) is 0.986. The van der Waals surface area contributed by atoms with Crippen LogP contribution < -0.4 is 10.6 Å². The monoisotopic (exact) mass is 427 g/mol. The molecule has 0 aromatic heterocycles.